The highest BCUT2D eigenvalue weighted by atomic mass is 19.1. The molecule has 204 valence electrons. The van der Waals surface area contributed by atoms with Crippen LogP contribution in [0.2, 0.25) is 0 Å². The third-order valence-electron chi connectivity index (χ3n) is 7.36. The molecule has 5 aromatic rings. The highest BCUT2D eigenvalue weighted by Gasteiger charge is 2.32. The average Bonchev–Trinajstić information content (AvgIpc) is 3.49. The van der Waals surface area contributed by atoms with E-state index in [9.17, 15) is 4.39 Å². The van der Waals surface area contributed by atoms with Crippen LogP contribution in [0.5, 0.6) is 0 Å². The first kappa shape index (κ1) is 24.8. The van der Waals surface area contributed by atoms with Gasteiger partial charge in [0, 0.05) is 35.3 Å². The summed E-state index contributed by atoms with van der Waals surface area (Å²) in [5.74, 6) is 0.0647. The van der Waals surface area contributed by atoms with Crippen LogP contribution in [0, 0.1) is 25.5 Å². The summed E-state index contributed by atoms with van der Waals surface area (Å²) in [6, 6.07) is 5.75. The number of fused-ring (bicyclic) bond motifs is 1. The molecule has 0 radical (unpaired) electrons. The number of halogens is 2. The van der Waals surface area contributed by atoms with Crippen molar-refractivity contribution in [2.24, 2.45) is 0 Å². The van der Waals surface area contributed by atoms with Gasteiger partial charge in [-0.25, -0.2) is 23.7 Å². The number of benzene rings is 1. The Labute approximate surface area is 228 Å². The van der Waals surface area contributed by atoms with E-state index in [1.165, 1.54) is 12.1 Å². The van der Waals surface area contributed by atoms with Crippen LogP contribution in [0.25, 0.3) is 33.7 Å². The monoisotopic (exact) mass is 543 g/mol. The molecule has 0 unspecified atom stereocenters. The van der Waals surface area contributed by atoms with Crippen LogP contribution in [0.1, 0.15) is 48.9 Å². The second kappa shape index (κ2) is 9.44. The maximum atomic E-state index is 15.2. The molecule has 5 heterocycles. The van der Waals surface area contributed by atoms with Crippen molar-refractivity contribution in [3.8, 4) is 22.7 Å². The molecule has 40 heavy (non-hydrogen) atoms. The predicted molar refractivity (Wildman–Crippen MR) is 144 cm³/mol. The normalized spacial score (nSPS) is 19.5. The molecule has 1 aliphatic carbocycles. The summed E-state index contributed by atoms with van der Waals surface area (Å²) >= 11 is 0. The van der Waals surface area contributed by atoms with Crippen LogP contribution in [-0.2, 0) is 4.74 Å². The lowest BCUT2D eigenvalue weighted by atomic mass is 10.0. The predicted octanol–water partition coefficient (Wildman–Crippen LogP) is 5.74. The minimum Gasteiger partial charge on any atom is -0.441 e. The summed E-state index contributed by atoms with van der Waals surface area (Å²) in [5.41, 5.74) is 3.16. The largest absolute Gasteiger partial charge is 0.441 e. The number of oxazole rings is 1. The zero-order valence-electron chi connectivity index (χ0n) is 22.3. The summed E-state index contributed by atoms with van der Waals surface area (Å²) in [4.78, 5) is 20.8. The Hall–Kier alpha value is -4.25. The number of hydrogen-bond donors (Lipinski definition) is 0. The second-order valence-electron chi connectivity index (χ2n) is 10.6. The summed E-state index contributed by atoms with van der Waals surface area (Å²) in [6.45, 7) is 6.68. The lowest BCUT2D eigenvalue weighted by Crippen LogP contribution is -2.43. The fourth-order valence-corrected chi connectivity index (χ4v) is 5.21. The first-order valence-electron chi connectivity index (χ1n) is 13.3. The van der Waals surface area contributed by atoms with E-state index >= 15 is 4.39 Å². The van der Waals surface area contributed by atoms with Gasteiger partial charge >= 0.3 is 0 Å². The fraction of sp³-hybridized carbons (Fsp3) is 0.345. The van der Waals surface area contributed by atoms with E-state index in [0.29, 0.717) is 64.7 Å². The molecule has 4 aromatic heterocycles. The van der Waals surface area contributed by atoms with Crippen molar-refractivity contribution in [1.29, 1.82) is 0 Å². The Kier molecular flexibility index (Phi) is 5.85. The minimum absolute atomic E-state index is 0.112. The van der Waals surface area contributed by atoms with E-state index in [-0.39, 0.29) is 17.8 Å². The number of aryl methyl sites for hydroxylation is 2. The molecule has 1 saturated carbocycles. The molecule has 9 nitrogen and oxygen atoms in total. The van der Waals surface area contributed by atoms with Crippen LogP contribution < -0.4 is 4.90 Å². The molecule has 2 aliphatic rings. The van der Waals surface area contributed by atoms with Gasteiger partial charge in [0.1, 0.15) is 23.5 Å². The van der Waals surface area contributed by atoms with Crippen molar-refractivity contribution in [3.63, 3.8) is 0 Å². The van der Waals surface area contributed by atoms with Gasteiger partial charge in [-0.3, -0.25) is 4.68 Å². The zero-order chi connectivity index (χ0) is 27.5. The number of morpholine rings is 1. The molecule has 0 amide bonds. The van der Waals surface area contributed by atoms with Gasteiger partial charge in [-0.2, -0.15) is 10.1 Å². The quantitative estimate of drug-likeness (QED) is 0.277. The van der Waals surface area contributed by atoms with Crippen molar-refractivity contribution < 1.29 is 17.9 Å². The van der Waals surface area contributed by atoms with E-state index in [4.69, 9.17) is 24.1 Å². The van der Waals surface area contributed by atoms with Gasteiger partial charge in [0.25, 0.3) is 0 Å². The molecule has 11 heteroatoms. The Morgan fingerprint density at radius 1 is 0.975 bits per heavy atom. The minimum atomic E-state index is -0.722. The summed E-state index contributed by atoms with van der Waals surface area (Å²) < 4.78 is 43.0. The third-order valence-corrected chi connectivity index (χ3v) is 7.36. The van der Waals surface area contributed by atoms with Gasteiger partial charge in [-0.05, 0) is 51.8 Å². The van der Waals surface area contributed by atoms with Crippen LogP contribution in [0.4, 0.5) is 14.7 Å². The standard InChI is InChI=1S/C29H27F2N7O2/c1-15-10-32-28(40-15)22-9-23-26(21-7-4-19(30)8-24(21)31)35-29(36-27(23)34-17(22)3)37-12-16(2)39-25(14-37)18-11-33-38(13-18)20-5-6-20/h4,7-11,13,16,20,25H,5-6,12,14H2,1-3H3/t16-,25-/m1/s1. The summed E-state index contributed by atoms with van der Waals surface area (Å²) in [5, 5.41) is 5.03. The molecule has 1 saturated heterocycles. The SMILES string of the molecule is Cc1cnc(-c2cc3c(-c4ccc(F)cc4F)nc(N4C[C@@H](C)O[C@@H](c5cnn(C6CC6)c5)C4)nc3nc2C)o1. The highest BCUT2D eigenvalue weighted by Crippen LogP contribution is 2.37. The molecule has 0 spiro atoms. The van der Waals surface area contributed by atoms with E-state index < -0.39 is 11.6 Å². The van der Waals surface area contributed by atoms with Crippen molar-refractivity contribution in [3.05, 3.63) is 71.5 Å². The van der Waals surface area contributed by atoms with Gasteiger partial charge in [-0.1, -0.05) is 0 Å². The number of hydrogen-bond acceptors (Lipinski definition) is 8. The molecular weight excluding hydrogens is 516 g/mol. The molecular formula is C29H27F2N7O2. The van der Waals surface area contributed by atoms with Gasteiger partial charge in [-0.15, -0.1) is 0 Å². The fourth-order valence-electron chi connectivity index (χ4n) is 5.21. The van der Waals surface area contributed by atoms with Crippen LogP contribution >= 0.6 is 0 Å². The topological polar surface area (TPSA) is 95.0 Å². The molecule has 7 rings (SSSR count). The number of nitrogens with zero attached hydrogens (tertiary/aromatic N) is 7. The maximum Gasteiger partial charge on any atom is 0.228 e. The smallest absolute Gasteiger partial charge is 0.228 e. The third kappa shape index (κ3) is 4.49. The molecule has 2 fully saturated rings. The van der Waals surface area contributed by atoms with Crippen LogP contribution in [0.3, 0.4) is 0 Å². The van der Waals surface area contributed by atoms with E-state index in [0.717, 1.165) is 24.5 Å². The molecule has 1 aliphatic heterocycles. The van der Waals surface area contributed by atoms with E-state index in [2.05, 4.69) is 16.3 Å². The Balaban J connectivity index is 1.34. The Morgan fingerprint density at radius 2 is 1.82 bits per heavy atom. The van der Waals surface area contributed by atoms with Crippen LogP contribution in [-0.4, -0.2) is 48.9 Å². The molecule has 0 bridgehead atoms. The maximum absolute atomic E-state index is 15.2. The molecule has 2 atom stereocenters. The van der Waals surface area contributed by atoms with Crippen molar-refractivity contribution in [2.45, 2.75) is 51.9 Å². The van der Waals surface area contributed by atoms with E-state index in [1.807, 2.05) is 42.6 Å². The summed E-state index contributed by atoms with van der Waals surface area (Å²) in [7, 11) is 0. The van der Waals surface area contributed by atoms with Crippen molar-refractivity contribution in [1.82, 2.24) is 29.7 Å². The first-order chi connectivity index (χ1) is 19.3. The second-order valence-corrected chi connectivity index (χ2v) is 10.6. The van der Waals surface area contributed by atoms with Gasteiger partial charge in [0.2, 0.25) is 11.8 Å². The lowest BCUT2D eigenvalue weighted by Gasteiger charge is -2.36. The number of rotatable bonds is 5. The van der Waals surface area contributed by atoms with Crippen molar-refractivity contribution >= 4 is 17.0 Å². The number of anilines is 1. The number of ether oxygens (including phenoxy) is 1. The number of pyridine rings is 1. The van der Waals surface area contributed by atoms with Crippen molar-refractivity contribution in [2.75, 3.05) is 18.0 Å². The van der Waals surface area contributed by atoms with Gasteiger partial charge in [0.05, 0.1) is 48.0 Å². The Bertz CT molecular complexity index is 1750. The lowest BCUT2D eigenvalue weighted by molar-refractivity contribution is -0.0178. The van der Waals surface area contributed by atoms with Crippen LogP contribution in [0.15, 0.2) is 47.3 Å². The Morgan fingerprint density at radius 3 is 2.58 bits per heavy atom. The van der Waals surface area contributed by atoms with E-state index in [1.54, 1.807) is 6.20 Å². The zero-order valence-corrected chi connectivity index (χ0v) is 22.3. The number of aromatic nitrogens is 6. The molecule has 0 N–H and O–H groups in total. The summed E-state index contributed by atoms with van der Waals surface area (Å²) in [6.07, 6.45) is 7.49. The van der Waals surface area contributed by atoms with Gasteiger partial charge in [0.15, 0.2) is 5.65 Å². The first-order valence-corrected chi connectivity index (χ1v) is 13.3. The highest BCUT2D eigenvalue weighted by molar-refractivity contribution is 5.94. The average molecular weight is 544 g/mol. The molecule has 1 aromatic carbocycles. The van der Waals surface area contributed by atoms with Gasteiger partial charge < -0.3 is 14.1 Å².